The van der Waals surface area contributed by atoms with Gasteiger partial charge in [-0.25, -0.2) is 0 Å². The maximum Gasteiger partial charge on any atom is 0.310 e. The molecule has 2 fully saturated rings. The molecule has 0 spiro atoms. The zero-order chi connectivity index (χ0) is 14.1. The first-order valence-corrected chi connectivity index (χ1v) is 7.29. The maximum absolute atomic E-state index is 12.2. The van der Waals surface area contributed by atoms with Crippen molar-refractivity contribution in [3.05, 3.63) is 42.0 Å². The fraction of sp³-hybridized carbons (Fsp3) is 0.526. The van der Waals surface area contributed by atoms with Crippen LogP contribution in [0.3, 0.4) is 0 Å². The number of nitrogens with one attached hydrogen (secondary N) is 1. The number of hydrogen-bond donors (Lipinski definition) is 1. The number of piperidine rings is 1. The molecular formula is C19H29NO2. The number of carbonyl (C=O) groups is 1. The van der Waals surface area contributed by atoms with E-state index < -0.39 is 0 Å². The van der Waals surface area contributed by atoms with Crippen LogP contribution in [0.1, 0.15) is 51.2 Å². The summed E-state index contributed by atoms with van der Waals surface area (Å²) < 4.78 is 5.04. The van der Waals surface area contributed by atoms with Gasteiger partial charge in [0.05, 0.1) is 13.0 Å². The number of carbonyl (C=O) groups excluding carboxylic acids is 1. The highest BCUT2D eigenvalue weighted by molar-refractivity contribution is 5.75. The van der Waals surface area contributed by atoms with Gasteiger partial charge in [-0.05, 0) is 30.4 Å². The van der Waals surface area contributed by atoms with Crippen molar-refractivity contribution < 1.29 is 9.53 Å². The molecule has 122 valence electrons. The van der Waals surface area contributed by atoms with Gasteiger partial charge in [-0.15, -0.1) is 0 Å². The normalized spacial score (nSPS) is 29.0. The first-order valence-electron chi connectivity index (χ1n) is 7.29. The highest BCUT2D eigenvalue weighted by Gasteiger charge is 2.46. The summed E-state index contributed by atoms with van der Waals surface area (Å²) in [6, 6.07) is 9.21. The molecule has 1 aromatic rings. The lowest BCUT2D eigenvalue weighted by atomic mass is 9.77. The second kappa shape index (κ2) is 7.59. The van der Waals surface area contributed by atoms with E-state index in [1.807, 2.05) is 6.08 Å². The quantitative estimate of drug-likeness (QED) is 0.858. The Balaban J connectivity index is 0.00000121. The maximum atomic E-state index is 12.2. The molecule has 1 aromatic carbocycles. The monoisotopic (exact) mass is 303 g/mol. The molecule has 3 nitrogen and oxygen atoms in total. The van der Waals surface area contributed by atoms with Crippen LogP contribution in [-0.2, 0) is 9.53 Å². The second-order valence-electron chi connectivity index (χ2n) is 5.81. The van der Waals surface area contributed by atoms with Crippen molar-refractivity contribution in [3.63, 3.8) is 0 Å². The molecular weight excluding hydrogens is 274 g/mol. The number of hydrogen-bond acceptors (Lipinski definition) is 3. The topological polar surface area (TPSA) is 38.3 Å². The molecule has 4 atom stereocenters. The minimum Gasteiger partial charge on any atom is -0.469 e. The minimum absolute atomic E-state index is 0. The summed E-state index contributed by atoms with van der Waals surface area (Å²) >= 11 is 0. The van der Waals surface area contributed by atoms with Gasteiger partial charge < -0.3 is 10.1 Å². The zero-order valence-corrected chi connectivity index (χ0v) is 11.8. The highest BCUT2D eigenvalue weighted by Crippen LogP contribution is 2.42. The van der Waals surface area contributed by atoms with E-state index in [2.05, 4.69) is 36.2 Å². The number of methoxy groups -OCH3 is 1. The third-order valence-corrected chi connectivity index (χ3v) is 4.76. The van der Waals surface area contributed by atoms with E-state index in [1.165, 1.54) is 19.1 Å². The summed E-state index contributed by atoms with van der Waals surface area (Å²) in [6.45, 7) is 3.78. The molecule has 0 saturated carbocycles. The third kappa shape index (κ3) is 3.25. The molecule has 0 radical (unpaired) electrons. The van der Waals surface area contributed by atoms with Gasteiger partial charge in [0.2, 0.25) is 0 Å². The average molecular weight is 303 g/mol. The number of esters is 1. The molecule has 1 N–H and O–H groups in total. The highest BCUT2D eigenvalue weighted by atomic mass is 16.5. The molecule has 3 heteroatoms. The molecule has 3 rings (SSSR count). The SMILES string of the molecule is C.C.C=Cc1ccc([C@H]2C[C@H]3CCC(N3)C2C(=O)OC)cc1. The predicted octanol–water partition coefficient (Wildman–Crippen LogP) is 4.00. The third-order valence-electron chi connectivity index (χ3n) is 4.76. The lowest BCUT2D eigenvalue weighted by molar-refractivity contribution is -0.148. The van der Waals surface area contributed by atoms with E-state index in [0.717, 1.165) is 18.4 Å². The van der Waals surface area contributed by atoms with Crippen LogP contribution >= 0.6 is 0 Å². The van der Waals surface area contributed by atoms with E-state index in [4.69, 9.17) is 4.74 Å². The fourth-order valence-electron chi connectivity index (χ4n) is 3.74. The van der Waals surface area contributed by atoms with Crippen molar-refractivity contribution in [2.24, 2.45) is 5.92 Å². The van der Waals surface area contributed by atoms with Crippen LogP contribution in [0.2, 0.25) is 0 Å². The van der Waals surface area contributed by atoms with E-state index in [-0.39, 0.29) is 38.7 Å². The van der Waals surface area contributed by atoms with Gasteiger partial charge >= 0.3 is 5.97 Å². The molecule has 2 heterocycles. The van der Waals surface area contributed by atoms with Gasteiger partial charge in [-0.3, -0.25) is 4.79 Å². The van der Waals surface area contributed by atoms with Crippen molar-refractivity contribution in [2.75, 3.05) is 7.11 Å². The molecule has 2 aliphatic heterocycles. The Bertz CT molecular complexity index is 509. The molecule has 2 aliphatic rings. The molecule has 0 amide bonds. The Morgan fingerprint density at radius 3 is 2.55 bits per heavy atom. The molecule has 2 unspecified atom stereocenters. The zero-order valence-electron chi connectivity index (χ0n) is 11.8. The van der Waals surface area contributed by atoms with Crippen molar-refractivity contribution in [3.8, 4) is 0 Å². The van der Waals surface area contributed by atoms with Crippen molar-refractivity contribution in [2.45, 2.75) is 52.1 Å². The summed E-state index contributed by atoms with van der Waals surface area (Å²) in [4.78, 5) is 12.2. The molecule has 2 bridgehead atoms. The molecule has 0 aliphatic carbocycles. The largest absolute Gasteiger partial charge is 0.469 e. The Labute approximate surface area is 134 Å². The van der Waals surface area contributed by atoms with Crippen molar-refractivity contribution in [1.82, 2.24) is 5.32 Å². The van der Waals surface area contributed by atoms with Gasteiger partial charge in [0, 0.05) is 18.0 Å². The number of rotatable bonds is 3. The Morgan fingerprint density at radius 1 is 1.27 bits per heavy atom. The van der Waals surface area contributed by atoms with Crippen LogP contribution in [0.15, 0.2) is 30.8 Å². The van der Waals surface area contributed by atoms with Crippen molar-refractivity contribution >= 4 is 12.0 Å². The van der Waals surface area contributed by atoms with Gasteiger partial charge in [0.15, 0.2) is 0 Å². The van der Waals surface area contributed by atoms with Gasteiger partial charge in [-0.1, -0.05) is 51.8 Å². The number of ether oxygens (including phenoxy) is 1. The van der Waals surface area contributed by atoms with Crippen LogP contribution in [0, 0.1) is 5.92 Å². The average Bonchev–Trinajstić information content (AvgIpc) is 2.88. The summed E-state index contributed by atoms with van der Waals surface area (Å²) in [5.74, 6) is 0.119. The van der Waals surface area contributed by atoms with Crippen molar-refractivity contribution in [1.29, 1.82) is 0 Å². The van der Waals surface area contributed by atoms with E-state index in [1.54, 1.807) is 0 Å². The number of benzene rings is 1. The van der Waals surface area contributed by atoms with Crippen LogP contribution in [0.5, 0.6) is 0 Å². The molecule has 22 heavy (non-hydrogen) atoms. The Hall–Kier alpha value is -1.61. The van der Waals surface area contributed by atoms with E-state index in [9.17, 15) is 4.79 Å². The first-order chi connectivity index (χ1) is 9.72. The second-order valence-corrected chi connectivity index (χ2v) is 5.81. The lowest BCUT2D eigenvalue weighted by Crippen LogP contribution is -2.48. The van der Waals surface area contributed by atoms with Crippen LogP contribution in [0.4, 0.5) is 0 Å². The van der Waals surface area contributed by atoms with Crippen LogP contribution < -0.4 is 5.32 Å². The smallest absolute Gasteiger partial charge is 0.310 e. The fourth-order valence-corrected chi connectivity index (χ4v) is 3.74. The predicted molar refractivity (Wildman–Crippen MR) is 92.8 cm³/mol. The van der Waals surface area contributed by atoms with Crippen LogP contribution in [-0.4, -0.2) is 25.2 Å². The summed E-state index contributed by atoms with van der Waals surface area (Å²) in [6.07, 6.45) is 5.10. The van der Waals surface area contributed by atoms with Gasteiger partial charge in [0.1, 0.15) is 0 Å². The van der Waals surface area contributed by atoms with Gasteiger partial charge in [0.25, 0.3) is 0 Å². The molecule has 2 saturated heterocycles. The van der Waals surface area contributed by atoms with E-state index in [0.29, 0.717) is 6.04 Å². The standard InChI is InChI=1S/C17H21NO2.2CH4/c1-3-11-4-6-12(7-5-11)14-10-13-8-9-15(18-13)16(14)17(19)20-2;;/h3-7,13-16,18H,1,8-10H2,2H3;2*1H4/t13-,14-,15?,16?;;/m1../s1. The summed E-state index contributed by atoms with van der Waals surface area (Å²) in [5.41, 5.74) is 2.35. The van der Waals surface area contributed by atoms with Gasteiger partial charge in [-0.2, -0.15) is 0 Å². The summed E-state index contributed by atoms with van der Waals surface area (Å²) in [5, 5.41) is 3.56. The Morgan fingerprint density at radius 2 is 1.95 bits per heavy atom. The lowest BCUT2D eigenvalue weighted by Gasteiger charge is -2.36. The first kappa shape index (κ1) is 18.4. The molecule has 0 aromatic heterocycles. The van der Waals surface area contributed by atoms with E-state index >= 15 is 0 Å². The minimum atomic E-state index is -0.0827. The number of fused-ring (bicyclic) bond motifs is 2. The Kier molecular flexibility index (Phi) is 6.36. The van der Waals surface area contributed by atoms with Crippen LogP contribution in [0.25, 0.3) is 6.08 Å². The summed E-state index contributed by atoms with van der Waals surface area (Å²) in [7, 11) is 1.49.